The van der Waals surface area contributed by atoms with E-state index in [9.17, 15) is 5.11 Å². The molecule has 3 rings (SSSR count). The highest BCUT2D eigenvalue weighted by Gasteiger charge is 2.21. The molecule has 1 fully saturated rings. The van der Waals surface area contributed by atoms with E-state index in [1.807, 2.05) is 25.1 Å². The minimum absolute atomic E-state index is 0.250. The van der Waals surface area contributed by atoms with Gasteiger partial charge in [-0.15, -0.1) is 10.2 Å². The van der Waals surface area contributed by atoms with Crippen molar-refractivity contribution in [2.45, 2.75) is 39.2 Å². The van der Waals surface area contributed by atoms with E-state index in [2.05, 4.69) is 20.4 Å². The van der Waals surface area contributed by atoms with Crippen LogP contribution >= 0.6 is 0 Å². The Morgan fingerprint density at radius 1 is 1.25 bits per heavy atom. The van der Waals surface area contributed by atoms with E-state index < -0.39 is 0 Å². The highest BCUT2D eigenvalue weighted by Crippen LogP contribution is 2.29. The zero-order chi connectivity index (χ0) is 17.4. The van der Waals surface area contributed by atoms with Crippen LogP contribution in [-0.4, -0.2) is 48.5 Å². The topological polar surface area (TPSA) is 114 Å². The Balaban J connectivity index is 0.000000647. The molecule has 0 unspecified atom stereocenters. The summed E-state index contributed by atoms with van der Waals surface area (Å²) in [6, 6.07) is 5.81. The van der Waals surface area contributed by atoms with Crippen LogP contribution in [0.1, 0.15) is 31.4 Å². The number of hydrogen-bond acceptors (Lipinski definition) is 6. The Hall–Kier alpha value is -2.35. The number of carboxylic acid groups (broad SMARTS) is 1. The lowest BCUT2D eigenvalue weighted by Gasteiger charge is -2.26. The Labute approximate surface area is 140 Å². The van der Waals surface area contributed by atoms with Gasteiger partial charge in [0.25, 0.3) is 6.47 Å². The quantitative estimate of drug-likeness (QED) is 0.816. The van der Waals surface area contributed by atoms with Crippen LogP contribution in [0.4, 0.5) is 0 Å². The number of pyridine rings is 1. The average molecular weight is 333 g/mol. The van der Waals surface area contributed by atoms with E-state index in [1.54, 1.807) is 4.80 Å². The molecule has 24 heavy (non-hydrogen) atoms. The SMILES string of the molecule is Cc1cccc(-c2nnn(C[C@H]3CC[C@H](CO)CC3)n2)n1.O=CO. The van der Waals surface area contributed by atoms with Crippen molar-refractivity contribution in [3.63, 3.8) is 0 Å². The Morgan fingerprint density at radius 3 is 2.54 bits per heavy atom. The van der Waals surface area contributed by atoms with Gasteiger partial charge in [0.2, 0.25) is 5.82 Å². The molecular formula is C16H23N5O3. The lowest BCUT2D eigenvalue weighted by atomic mass is 9.82. The van der Waals surface area contributed by atoms with Crippen molar-refractivity contribution < 1.29 is 15.0 Å². The van der Waals surface area contributed by atoms with Gasteiger partial charge in [-0.3, -0.25) is 4.79 Å². The minimum Gasteiger partial charge on any atom is -0.483 e. The molecule has 0 saturated heterocycles. The van der Waals surface area contributed by atoms with Gasteiger partial charge >= 0.3 is 0 Å². The second kappa shape index (κ2) is 9.07. The summed E-state index contributed by atoms with van der Waals surface area (Å²) in [4.78, 5) is 14.5. The third-order valence-electron chi connectivity index (χ3n) is 4.22. The first-order valence-corrected chi connectivity index (χ1v) is 8.06. The van der Waals surface area contributed by atoms with E-state index in [1.165, 1.54) is 0 Å². The molecule has 0 aliphatic heterocycles. The van der Waals surface area contributed by atoms with Crippen LogP contribution in [0.25, 0.3) is 11.5 Å². The van der Waals surface area contributed by atoms with Gasteiger partial charge in [0, 0.05) is 12.3 Å². The fourth-order valence-corrected chi connectivity index (χ4v) is 2.92. The molecule has 2 aromatic heterocycles. The number of tetrazole rings is 1. The zero-order valence-electron chi connectivity index (χ0n) is 13.7. The summed E-state index contributed by atoms with van der Waals surface area (Å²) in [5, 5.41) is 28.7. The maximum atomic E-state index is 9.17. The maximum absolute atomic E-state index is 9.17. The minimum atomic E-state index is -0.250. The average Bonchev–Trinajstić information content (AvgIpc) is 3.05. The Kier molecular flexibility index (Phi) is 6.80. The van der Waals surface area contributed by atoms with Crippen molar-refractivity contribution in [3.05, 3.63) is 23.9 Å². The summed E-state index contributed by atoms with van der Waals surface area (Å²) in [6.07, 6.45) is 4.46. The van der Waals surface area contributed by atoms with Gasteiger partial charge < -0.3 is 10.2 Å². The van der Waals surface area contributed by atoms with Gasteiger partial charge in [-0.05, 0) is 61.8 Å². The van der Waals surface area contributed by atoms with Crippen molar-refractivity contribution in [1.29, 1.82) is 0 Å². The number of carbonyl (C=O) groups is 1. The summed E-state index contributed by atoms with van der Waals surface area (Å²) in [5.74, 6) is 1.65. The fourth-order valence-electron chi connectivity index (χ4n) is 2.92. The third-order valence-corrected chi connectivity index (χ3v) is 4.22. The molecular weight excluding hydrogens is 310 g/mol. The van der Waals surface area contributed by atoms with Crippen molar-refractivity contribution in [2.75, 3.05) is 6.61 Å². The van der Waals surface area contributed by atoms with Crippen molar-refractivity contribution in [2.24, 2.45) is 11.8 Å². The van der Waals surface area contributed by atoms with Crippen LogP contribution in [0, 0.1) is 18.8 Å². The molecule has 1 aliphatic rings. The zero-order valence-corrected chi connectivity index (χ0v) is 13.7. The summed E-state index contributed by atoms with van der Waals surface area (Å²) < 4.78 is 0. The molecule has 8 nitrogen and oxygen atoms in total. The lowest BCUT2D eigenvalue weighted by molar-refractivity contribution is -0.122. The molecule has 130 valence electrons. The standard InChI is InChI=1S/C15H21N5O.CH2O2/c1-11-3-2-4-14(16-11)15-17-19-20(18-15)9-12-5-7-13(10-21)8-6-12;2-1-3/h2-4,12-13,21H,5-10H2,1H3;1H,(H,2,3)/t12-,13-;. The van der Waals surface area contributed by atoms with E-state index in [0.29, 0.717) is 24.3 Å². The molecule has 0 bridgehead atoms. The number of aryl methyl sites for hydroxylation is 1. The van der Waals surface area contributed by atoms with E-state index in [0.717, 1.165) is 43.6 Å². The van der Waals surface area contributed by atoms with Gasteiger partial charge in [0.15, 0.2) is 0 Å². The number of hydrogen-bond donors (Lipinski definition) is 2. The first kappa shape index (κ1) is 18.0. The summed E-state index contributed by atoms with van der Waals surface area (Å²) >= 11 is 0. The number of aliphatic hydroxyl groups excluding tert-OH is 1. The highest BCUT2D eigenvalue weighted by molar-refractivity contribution is 5.47. The number of aromatic nitrogens is 5. The molecule has 0 spiro atoms. The number of rotatable bonds is 4. The van der Waals surface area contributed by atoms with Gasteiger partial charge in [0.05, 0.1) is 6.54 Å². The molecule has 1 aliphatic carbocycles. The van der Waals surface area contributed by atoms with E-state index in [4.69, 9.17) is 9.90 Å². The van der Waals surface area contributed by atoms with Gasteiger partial charge in [-0.1, -0.05) is 6.07 Å². The normalized spacial score (nSPS) is 20.1. The summed E-state index contributed by atoms with van der Waals surface area (Å²) in [7, 11) is 0. The number of aliphatic hydroxyl groups is 1. The van der Waals surface area contributed by atoms with Crippen LogP contribution in [0.2, 0.25) is 0 Å². The molecule has 0 amide bonds. The van der Waals surface area contributed by atoms with Gasteiger partial charge in [-0.25, -0.2) is 4.98 Å². The first-order chi connectivity index (χ1) is 11.7. The largest absolute Gasteiger partial charge is 0.483 e. The molecule has 0 atom stereocenters. The van der Waals surface area contributed by atoms with Crippen molar-refractivity contribution >= 4 is 6.47 Å². The van der Waals surface area contributed by atoms with Crippen LogP contribution in [0.3, 0.4) is 0 Å². The molecule has 2 aromatic rings. The van der Waals surface area contributed by atoms with E-state index >= 15 is 0 Å². The van der Waals surface area contributed by atoms with Crippen LogP contribution in [-0.2, 0) is 11.3 Å². The third kappa shape index (κ3) is 5.09. The smallest absolute Gasteiger partial charge is 0.290 e. The second-order valence-electron chi connectivity index (χ2n) is 6.01. The van der Waals surface area contributed by atoms with Crippen LogP contribution in [0.5, 0.6) is 0 Å². The van der Waals surface area contributed by atoms with Crippen molar-refractivity contribution in [3.8, 4) is 11.5 Å². The second-order valence-corrected chi connectivity index (χ2v) is 6.01. The molecule has 0 aromatic carbocycles. The van der Waals surface area contributed by atoms with Crippen LogP contribution < -0.4 is 0 Å². The van der Waals surface area contributed by atoms with Gasteiger partial charge in [0.1, 0.15) is 5.69 Å². The summed E-state index contributed by atoms with van der Waals surface area (Å²) in [6.45, 7) is 2.82. The molecule has 1 saturated carbocycles. The predicted molar refractivity (Wildman–Crippen MR) is 87.0 cm³/mol. The van der Waals surface area contributed by atoms with E-state index in [-0.39, 0.29) is 6.47 Å². The Morgan fingerprint density at radius 2 is 1.92 bits per heavy atom. The fraction of sp³-hybridized carbons (Fsp3) is 0.562. The van der Waals surface area contributed by atoms with Crippen molar-refractivity contribution in [1.82, 2.24) is 25.2 Å². The molecule has 8 heteroatoms. The lowest BCUT2D eigenvalue weighted by Crippen LogP contribution is -2.21. The first-order valence-electron chi connectivity index (χ1n) is 8.06. The Bertz CT molecular complexity index is 638. The summed E-state index contributed by atoms with van der Waals surface area (Å²) in [5.41, 5.74) is 1.72. The van der Waals surface area contributed by atoms with Crippen LogP contribution in [0.15, 0.2) is 18.2 Å². The molecule has 2 N–H and O–H groups in total. The van der Waals surface area contributed by atoms with Gasteiger partial charge in [-0.2, -0.15) is 4.80 Å². The predicted octanol–water partition coefficient (Wildman–Crippen LogP) is 1.54. The molecule has 0 radical (unpaired) electrons. The number of nitrogens with zero attached hydrogens (tertiary/aromatic N) is 5. The molecule has 2 heterocycles. The highest BCUT2D eigenvalue weighted by atomic mass is 16.3. The maximum Gasteiger partial charge on any atom is 0.290 e. The monoisotopic (exact) mass is 333 g/mol.